The second kappa shape index (κ2) is 13.9. The quantitative estimate of drug-likeness (QED) is 0.475. The fraction of sp³-hybridized carbons (Fsp3) is 0.455. The van der Waals surface area contributed by atoms with E-state index in [0.29, 0.717) is 13.2 Å². The number of hydrogen-bond acceptors (Lipinski definition) is 4. The number of hydrogen-bond donors (Lipinski definition) is 2. The van der Waals surface area contributed by atoms with E-state index in [1.165, 1.54) is 18.4 Å². The van der Waals surface area contributed by atoms with Gasteiger partial charge in [0.1, 0.15) is 6.61 Å². The van der Waals surface area contributed by atoms with E-state index in [1.807, 2.05) is 37.3 Å². The molecule has 2 aromatic carbocycles. The molecule has 29 heavy (non-hydrogen) atoms. The molecule has 0 amide bonds. The Hall–Kier alpha value is -1.17. The Morgan fingerprint density at radius 1 is 0.966 bits per heavy atom. The Kier molecular flexibility index (Phi) is 12.4. The number of ether oxygens (including phenoxy) is 2. The summed E-state index contributed by atoms with van der Waals surface area (Å²) in [5, 5.41) is 7.73. The maximum atomic E-state index is 5.97. The van der Waals surface area contributed by atoms with Crippen molar-refractivity contribution in [3.05, 3.63) is 58.6 Å². The zero-order chi connectivity index (χ0) is 18.9. The van der Waals surface area contributed by atoms with Crippen LogP contribution in [-0.4, -0.2) is 26.2 Å². The summed E-state index contributed by atoms with van der Waals surface area (Å²) in [5.74, 6) is 2.35. The molecule has 0 radical (unpaired) electrons. The molecule has 0 spiro atoms. The van der Waals surface area contributed by atoms with Gasteiger partial charge in [-0.15, -0.1) is 0 Å². The van der Waals surface area contributed by atoms with Gasteiger partial charge in [-0.25, -0.2) is 0 Å². The molecule has 0 saturated carbocycles. The average molecular weight is 460 g/mol. The highest BCUT2D eigenvalue weighted by molar-refractivity contribution is 6.30. The van der Waals surface area contributed by atoms with Crippen LogP contribution < -0.4 is 44.9 Å². The lowest BCUT2D eigenvalue weighted by Gasteiger charge is -2.23. The lowest BCUT2D eigenvalue weighted by molar-refractivity contribution is -0.00100. The predicted octanol–water partition coefficient (Wildman–Crippen LogP) is -1.59. The SMILES string of the molecule is CCOc1cc(CNCC2CCNCC2)ccc1OCc1ccc(Cl)cc1.[Cl-].[Cl-]. The molecule has 1 aliphatic rings. The minimum Gasteiger partial charge on any atom is -1.00 e. The Morgan fingerprint density at radius 2 is 1.66 bits per heavy atom. The summed E-state index contributed by atoms with van der Waals surface area (Å²) in [6.07, 6.45) is 2.52. The molecule has 0 aromatic heterocycles. The molecule has 162 valence electrons. The smallest absolute Gasteiger partial charge is 0.161 e. The standard InChI is InChI=1S/C22H29ClN2O2.2ClH/c1-2-26-22-13-19(15-25-14-17-9-11-24-12-10-17)5-8-21(22)27-16-18-3-6-20(23)7-4-18;;/h3-8,13,17,24-25H,2,9-12,14-16H2,1H3;2*1H/p-2. The molecule has 0 bridgehead atoms. The molecule has 1 fully saturated rings. The first-order chi connectivity index (χ1) is 13.2. The third kappa shape index (κ3) is 8.61. The van der Waals surface area contributed by atoms with Gasteiger partial charge in [0, 0.05) is 11.6 Å². The first-order valence-corrected chi connectivity index (χ1v) is 10.2. The molecule has 2 N–H and O–H groups in total. The summed E-state index contributed by atoms with van der Waals surface area (Å²) >= 11 is 5.93. The van der Waals surface area contributed by atoms with Crippen molar-refractivity contribution >= 4 is 11.6 Å². The van der Waals surface area contributed by atoms with E-state index >= 15 is 0 Å². The van der Waals surface area contributed by atoms with Gasteiger partial charge < -0.3 is 44.9 Å². The first-order valence-electron chi connectivity index (χ1n) is 9.79. The van der Waals surface area contributed by atoms with Gasteiger partial charge in [-0.2, -0.15) is 0 Å². The van der Waals surface area contributed by atoms with Crippen molar-refractivity contribution in [1.82, 2.24) is 10.6 Å². The highest BCUT2D eigenvalue weighted by Crippen LogP contribution is 2.29. The van der Waals surface area contributed by atoms with Crippen LogP contribution in [0.4, 0.5) is 0 Å². The van der Waals surface area contributed by atoms with Crippen molar-refractivity contribution in [2.45, 2.75) is 32.9 Å². The number of halogens is 3. The summed E-state index contributed by atoms with van der Waals surface area (Å²) in [7, 11) is 0. The average Bonchev–Trinajstić information content (AvgIpc) is 2.70. The van der Waals surface area contributed by atoms with Crippen LogP contribution in [0.1, 0.15) is 30.9 Å². The van der Waals surface area contributed by atoms with Gasteiger partial charge in [0.15, 0.2) is 11.5 Å². The minimum absolute atomic E-state index is 0. The van der Waals surface area contributed by atoms with E-state index in [2.05, 4.69) is 22.8 Å². The number of benzene rings is 2. The summed E-state index contributed by atoms with van der Waals surface area (Å²) in [6.45, 7) is 7.29. The molecule has 0 aliphatic carbocycles. The van der Waals surface area contributed by atoms with Crippen molar-refractivity contribution in [3.8, 4) is 11.5 Å². The van der Waals surface area contributed by atoms with Crippen molar-refractivity contribution in [2.24, 2.45) is 5.92 Å². The van der Waals surface area contributed by atoms with Crippen LogP contribution in [0.5, 0.6) is 11.5 Å². The molecular formula is C22H29Cl3N2O2-2. The van der Waals surface area contributed by atoms with Crippen molar-refractivity contribution < 1.29 is 34.3 Å². The highest BCUT2D eigenvalue weighted by atomic mass is 35.5. The van der Waals surface area contributed by atoms with Crippen LogP contribution in [0, 0.1) is 5.92 Å². The number of rotatable bonds is 9. The van der Waals surface area contributed by atoms with Crippen molar-refractivity contribution in [1.29, 1.82) is 0 Å². The lowest BCUT2D eigenvalue weighted by Crippen LogP contribution is -3.00. The molecule has 4 nitrogen and oxygen atoms in total. The molecule has 2 aromatic rings. The van der Waals surface area contributed by atoms with Gasteiger partial charge >= 0.3 is 0 Å². The largest absolute Gasteiger partial charge is 1.00 e. The van der Waals surface area contributed by atoms with Gasteiger partial charge in [0.05, 0.1) is 6.61 Å². The van der Waals surface area contributed by atoms with Gasteiger partial charge in [-0.1, -0.05) is 29.8 Å². The van der Waals surface area contributed by atoms with E-state index in [9.17, 15) is 0 Å². The second-order valence-electron chi connectivity index (χ2n) is 6.95. The fourth-order valence-electron chi connectivity index (χ4n) is 3.30. The Morgan fingerprint density at radius 3 is 2.34 bits per heavy atom. The van der Waals surface area contributed by atoms with Crippen molar-refractivity contribution in [2.75, 3.05) is 26.2 Å². The predicted molar refractivity (Wildman–Crippen MR) is 111 cm³/mol. The topological polar surface area (TPSA) is 42.5 Å². The van der Waals surface area contributed by atoms with E-state index in [4.69, 9.17) is 21.1 Å². The summed E-state index contributed by atoms with van der Waals surface area (Å²) < 4.78 is 11.8. The van der Waals surface area contributed by atoms with Gasteiger partial charge in [0.2, 0.25) is 0 Å². The molecule has 0 atom stereocenters. The van der Waals surface area contributed by atoms with E-state index < -0.39 is 0 Å². The molecule has 0 unspecified atom stereocenters. The van der Waals surface area contributed by atoms with Gasteiger partial charge in [0.25, 0.3) is 0 Å². The number of piperidine rings is 1. The van der Waals surface area contributed by atoms with Gasteiger partial charge in [-0.05, 0) is 80.7 Å². The maximum Gasteiger partial charge on any atom is 0.161 e. The van der Waals surface area contributed by atoms with E-state index in [0.717, 1.165) is 54.2 Å². The van der Waals surface area contributed by atoms with E-state index in [-0.39, 0.29) is 24.8 Å². The van der Waals surface area contributed by atoms with Crippen molar-refractivity contribution in [3.63, 3.8) is 0 Å². The van der Waals surface area contributed by atoms with Crippen LogP contribution in [0.2, 0.25) is 5.02 Å². The molecule has 7 heteroatoms. The molecule has 3 rings (SSSR count). The normalized spacial score (nSPS) is 13.9. The van der Waals surface area contributed by atoms with Crippen LogP contribution >= 0.6 is 11.6 Å². The number of nitrogens with one attached hydrogen (secondary N) is 2. The van der Waals surface area contributed by atoms with Crippen LogP contribution in [0.15, 0.2) is 42.5 Å². The second-order valence-corrected chi connectivity index (χ2v) is 7.39. The third-order valence-electron chi connectivity index (χ3n) is 4.84. The maximum absolute atomic E-state index is 5.97. The Balaban J connectivity index is 0.00000210. The van der Waals surface area contributed by atoms with Crippen LogP contribution in [-0.2, 0) is 13.2 Å². The van der Waals surface area contributed by atoms with Gasteiger partial charge in [-0.3, -0.25) is 0 Å². The fourth-order valence-corrected chi connectivity index (χ4v) is 3.42. The van der Waals surface area contributed by atoms with E-state index in [1.54, 1.807) is 0 Å². The Labute approximate surface area is 191 Å². The summed E-state index contributed by atoms with van der Waals surface area (Å²) in [6, 6.07) is 13.9. The zero-order valence-corrected chi connectivity index (χ0v) is 19.0. The lowest BCUT2D eigenvalue weighted by atomic mass is 9.98. The molecular weight excluding hydrogens is 431 g/mol. The summed E-state index contributed by atoms with van der Waals surface area (Å²) in [4.78, 5) is 0. The van der Waals surface area contributed by atoms with Crippen LogP contribution in [0.25, 0.3) is 0 Å². The molecule has 1 heterocycles. The zero-order valence-electron chi connectivity index (χ0n) is 16.7. The van der Waals surface area contributed by atoms with Crippen LogP contribution in [0.3, 0.4) is 0 Å². The Bertz CT molecular complexity index is 708. The minimum atomic E-state index is 0. The third-order valence-corrected chi connectivity index (χ3v) is 5.09. The first kappa shape index (κ1) is 25.9. The summed E-state index contributed by atoms with van der Waals surface area (Å²) in [5.41, 5.74) is 2.29. The molecule has 1 aliphatic heterocycles. The molecule has 1 saturated heterocycles. The monoisotopic (exact) mass is 458 g/mol. The highest BCUT2D eigenvalue weighted by Gasteiger charge is 2.12.